The molecular weight excluding hydrogens is 364 g/mol. The van der Waals surface area contributed by atoms with Gasteiger partial charge in [-0.2, -0.15) is 5.10 Å². The maximum absolute atomic E-state index is 14.3. The molecule has 3 rings (SSSR count). The van der Waals surface area contributed by atoms with Crippen molar-refractivity contribution in [2.45, 2.75) is 6.54 Å². The number of hydrogen-bond acceptors (Lipinski definition) is 4. The highest BCUT2D eigenvalue weighted by molar-refractivity contribution is 6.35. The Labute approximate surface area is 156 Å². The molecule has 1 fully saturated rings. The average molecular weight is 382 g/mol. The minimum Gasteiger partial charge on any atom is -0.378 e. The Hall–Kier alpha value is -1.82. The van der Waals surface area contributed by atoms with E-state index in [4.69, 9.17) is 27.9 Å². The fourth-order valence-corrected chi connectivity index (χ4v) is 3.14. The van der Waals surface area contributed by atoms with Crippen LogP contribution in [0.5, 0.6) is 0 Å². The average Bonchev–Trinajstić information content (AvgIpc) is 2.61. The molecule has 2 aromatic rings. The first kappa shape index (κ1) is 18.0. The Morgan fingerprint density at radius 2 is 1.88 bits per heavy atom. The minimum absolute atomic E-state index is 0.264. The number of morpholine rings is 1. The second-order valence-corrected chi connectivity index (χ2v) is 6.42. The van der Waals surface area contributed by atoms with Gasteiger partial charge >= 0.3 is 0 Å². The van der Waals surface area contributed by atoms with Crippen molar-refractivity contribution in [3.63, 3.8) is 0 Å². The highest BCUT2D eigenvalue weighted by Gasteiger charge is 2.14. The van der Waals surface area contributed by atoms with E-state index in [1.54, 1.807) is 30.5 Å². The Kier molecular flexibility index (Phi) is 6.13. The van der Waals surface area contributed by atoms with E-state index in [1.807, 2.05) is 11.0 Å². The molecule has 1 heterocycles. The molecule has 25 heavy (non-hydrogen) atoms. The first-order chi connectivity index (χ1) is 12.1. The van der Waals surface area contributed by atoms with Gasteiger partial charge in [0.15, 0.2) is 0 Å². The normalized spacial score (nSPS) is 14.9. The van der Waals surface area contributed by atoms with Crippen LogP contribution in [-0.2, 0) is 11.3 Å². The van der Waals surface area contributed by atoms with Crippen LogP contribution in [0.2, 0.25) is 10.0 Å². The Balaban J connectivity index is 1.61. The summed E-state index contributed by atoms with van der Waals surface area (Å²) in [5.74, 6) is -0.264. The molecule has 0 bridgehead atoms. The molecule has 0 spiro atoms. The maximum atomic E-state index is 14.3. The van der Waals surface area contributed by atoms with Crippen molar-refractivity contribution in [2.24, 2.45) is 5.10 Å². The fraction of sp³-hybridized carbons (Fsp3) is 0.278. The van der Waals surface area contributed by atoms with E-state index in [1.165, 1.54) is 6.07 Å². The van der Waals surface area contributed by atoms with Gasteiger partial charge in [-0.05, 0) is 29.8 Å². The quantitative estimate of drug-likeness (QED) is 0.625. The number of anilines is 1. The molecule has 0 aromatic heterocycles. The summed E-state index contributed by atoms with van der Waals surface area (Å²) in [5, 5.41) is 5.27. The van der Waals surface area contributed by atoms with E-state index in [-0.39, 0.29) is 5.82 Å². The summed E-state index contributed by atoms with van der Waals surface area (Å²) in [6, 6.07) is 10.4. The number of nitrogens with zero attached hydrogens (tertiary/aromatic N) is 2. The molecule has 0 atom stereocenters. The highest BCUT2D eigenvalue weighted by Crippen LogP contribution is 2.24. The molecule has 1 aliphatic rings. The maximum Gasteiger partial charge on any atom is 0.147 e. The van der Waals surface area contributed by atoms with E-state index >= 15 is 0 Å². The third-order valence-corrected chi connectivity index (χ3v) is 4.65. The number of rotatable bonds is 5. The smallest absolute Gasteiger partial charge is 0.147 e. The molecule has 132 valence electrons. The summed E-state index contributed by atoms with van der Waals surface area (Å²) in [5.41, 5.74) is 4.92. The zero-order valence-corrected chi connectivity index (χ0v) is 15.0. The predicted molar refractivity (Wildman–Crippen MR) is 100 cm³/mol. The summed E-state index contributed by atoms with van der Waals surface area (Å²) in [4.78, 5) is 1.98. The van der Waals surface area contributed by atoms with Crippen molar-refractivity contribution in [3.05, 3.63) is 63.4 Å². The van der Waals surface area contributed by atoms with Crippen LogP contribution >= 0.6 is 23.2 Å². The van der Waals surface area contributed by atoms with Gasteiger partial charge in [0.25, 0.3) is 0 Å². The lowest BCUT2D eigenvalue weighted by Crippen LogP contribution is -2.36. The lowest BCUT2D eigenvalue weighted by molar-refractivity contribution is 0.122. The first-order valence-corrected chi connectivity index (χ1v) is 8.72. The van der Waals surface area contributed by atoms with Gasteiger partial charge in [0.1, 0.15) is 5.82 Å². The molecule has 0 saturated carbocycles. The number of ether oxygens (including phenoxy) is 1. The van der Waals surface area contributed by atoms with Gasteiger partial charge in [0.05, 0.1) is 31.7 Å². The van der Waals surface area contributed by atoms with Crippen LogP contribution in [0.4, 0.5) is 10.1 Å². The summed E-state index contributed by atoms with van der Waals surface area (Å²) in [6.07, 6.45) is 1.57. The number of halogens is 3. The summed E-state index contributed by atoms with van der Waals surface area (Å²) in [7, 11) is 0. The van der Waals surface area contributed by atoms with Crippen LogP contribution in [0.3, 0.4) is 0 Å². The van der Waals surface area contributed by atoms with Crippen LogP contribution < -0.4 is 10.3 Å². The number of hydrazone groups is 1. The molecule has 7 heteroatoms. The lowest BCUT2D eigenvalue weighted by Gasteiger charge is -2.29. The Bertz CT molecular complexity index is 744. The molecular formula is C18H18Cl2FN3O. The van der Waals surface area contributed by atoms with Gasteiger partial charge in [-0.25, -0.2) is 4.39 Å². The van der Waals surface area contributed by atoms with Crippen molar-refractivity contribution >= 4 is 35.1 Å². The van der Waals surface area contributed by atoms with Crippen LogP contribution in [0.1, 0.15) is 11.1 Å². The SMILES string of the molecule is Fc1cc(/C=N\NCc2c(Cl)cccc2Cl)ccc1N1CCOCC1. The van der Waals surface area contributed by atoms with Gasteiger partial charge in [-0.3, -0.25) is 0 Å². The standard InChI is InChI=1S/C18H18Cl2FN3O/c19-15-2-1-3-16(20)14(15)12-23-22-11-13-4-5-18(17(21)10-13)24-6-8-25-9-7-24/h1-5,10-11,23H,6-9,12H2/b22-11-. The van der Waals surface area contributed by atoms with Crippen LogP contribution in [-0.4, -0.2) is 32.5 Å². The second-order valence-electron chi connectivity index (χ2n) is 5.60. The van der Waals surface area contributed by atoms with E-state index in [0.717, 1.165) is 5.56 Å². The molecule has 1 saturated heterocycles. The van der Waals surface area contributed by atoms with E-state index < -0.39 is 0 Å². The fourth-order valence-electron chi connectivity index (χ4n) is 2.61. The zero-order chi connectivity index (χ0) is 17.6. The Morgan fingerprint density at radius 3 is 2.56 bits per heavy atom. The van der Waals surface area contributed by atoms with Gasteiger partial charge in [0, 0.05) is 28.7 Å². The van der Waals surface area contributed by atoms with Crippen molar-refractivity contribution < 1.29 is 9.13 Å². The van der Waals surface area contributed by atoms with Crippen molar-refractivity contribution in [1.82, 2.24) is 5.43 Å². The van der Waals surface area contributed by atoms with Gasteiger partial charge < -0.3 is 15.1 Å². The third-order valence-electron chi connectivity index (χ3n) is 3.95. The molecule has 0 unspecified atom stereocenters. The second kappa shape index (κ2) is 8.52. The van der Waals surface area contributed by atoms with Crippen LogP contribution in [0.15, 0.2) is 41.5 Å². The largest absolute Gasteiger partial charge is 0.378 e. The first-order valence-electron chi connectivity index (χ1n) is 7.96. The van der Waals surface area contributed by atoms with Crippen molar-refractivity contribution in [3.8, 4) is 0 Å². The van der Waals surface area contributed by atoms with Crippen LogP contribution in [0, 0.1) is 5.82 Å². The van der Waals surface area contributed by atoms with Crippen LogP contribution in [0.25, 0.3) is 0 Å². The zero-order valence-electron chi connectivity index (χ0n) is 13.5. The molecule has 1 aliphatic heterocycles. The molecule has 0 radical (unpaired) electrons. The third kappa shape index (κ3) is 4.63. The molecule has 0 aliphatic carbocycles. The topological polar surface area (TPSA) is 36.9 Å². The van der Waals surface area contributed by atoms with E-state index in [0.29, 0.717) is 54.1 Å². The van der Waals surface area contributed by atoms with E-state index in [2.05, 4.69) is 10.5 Å². The monoisotopic (exact) mass is 381 g/mol. The summed E-state index contributed by atoms with van der Waals surface area (Å²) in [6.45, 7) is 3.03. The van der Waals surface area contributed by atoms with Gasteiger partial charge in [-0.1, -0.05) is 35.3 Å². The molecule has 0 amide bonds. The van der Waals surface area contributed by atoms with E-state index in [9.17, 15) is 4.39 Å². The van der Waals surface area contributed by atoms with Crippen molar-refractivity contribution in [2.75, 3.05) is 31.2 Å². The minimum atomic E-state index is -0.264. The highest BCUT2D eigenvalue weighted by atomic mass is 35.5. The Morgan fingerprint density at radius 1 is 1.16 bits per heavy atom. The van der Waals surface area contributed by atoms with Crippen molar-refractivity contribution in [1.29, 1.82) is 0 Å². The molecule has 4 nitrogen and oxygen atoms in total. The summed E-state index contributed by atoms with van der Waals surface area (Å²) < 4.78 is 19.6. The lowest BCUT2D eigenvalue weighted by atomic mass is 10.2. The molecule has 2 aromatic carbocycles. The summed E-state index contributed by atoms with van der Waals surface area (Å²) >= 11 is 12.2. The number of benzene rings is 2. The molecule has 1 N–H and O–H groups in total. The number of nitrogens with one attached hydrogen (secondary N) is 1. The van der Waals surface area contributed by atoms with Gasteiger partial charge in [-0.15, -0.1) is 0 Å². The van der Waals surface area contributed by atoms with Gasteiger partial charge in [0.2, 0.25) is 0 Å². The number of hydrogen-bond donors (Lipinski definition) is 1. The predicted octanol–water partition coefficient (Wildman–Crippen LogP) is 4.09.